The van der Waals surface area contributed by atoms with Crippen LogP contribution < -0.4 is 0 Å². The Kier molecular flexibility index (Phi) is 7.12. The summed E-state index contributed by atoms with van der Waals surface area (Å²) in [6.07, 6.45) is 3.35. The third-order valence-electron chi connectivity index (χ3n) is 3.91. The van der Waals surface area contributed by atoms with Gasteiger partial charge in [0, 0.05) is 11.8 Å². The van der Waals surface area contributed by atoms with E-state index in [2.05, 4.69) is 13.8 Å². The Bertz CT molecular complexity index is 613. The zero-order valence-corrected chi connectivity index (χ0v) is 16.2. The van der Waals surface area contributed by atoms with Crippen molar-refractivity contribution in [3.05, 3.63) is 42.0 Å². The van der Waals surface area contributed by atoms with E-state index < -0.39 is 6.04 Å². The molecular weight excluding hydrogens is 334 g/mol. The van der Waals surface area contributed by atoms with Gasteiger partial charge in [-0.2, -0.15) is 0 Å². The molecule has 0 aliphatic carbocycles. The molecule has 1 heterocycles. The van der Waals surface area contributed by atoms with Gasteiger partial charge in [0.15, 0.2) is 0 Å². The molecule has 0 radical (unpaired) electrons. The third-order valence-corrected chi connectivity index (χ3v) is 5.53. The highest BCUT2D eigenvalue weighted by Crippen LogP contribution is 2.34. The number of ether oxygens (including phenoxy) is 1. The summed E-state index contributed by atoms with van der Waals surface area (Å²) in [5.41, 5.74) is 0.961. The first-order chi connectivity index (χ1) is 11.9. The summed E-state index contributed by atoms with van der Waals surface area (Å²) in [5.74, 6) is 0.692. The standard InChI is InChI=1S/C20H27NO3S/c1-14(2)12-24-20(23)17-13-25-19(15(3)4)21(17)18(22)11-10-16-8-6-5-7-9-16/h5-11,14-15,17,19H,12-13H2,1-4H3/b11-10+. The number of hydrogen-bond acceptors (Lipinski definition) is 4. The van der Waals surface area contributed by atoms with Gasteiger partial charge < -0.3 is 9.64 Å². The summed E-state index contributed by atoms with van der Waals surface area (Å²) in [7, 11) is 0. The topological polar surface area (TPSA) is 46.6 Å². The van der Waals surface area contributed by atoms with Crippen molar-refractivity contribution in [2.45, 2.75) is 39.1 Å². The number of esters is 1. The Balaban J connectivity index is 2.13. The van der Waals surface area contributed by atoms with Crippen LogP contribution in [0.25, 0.3) is 6.08 Å². The quantitative estimate of drug-likeness (QED) is 0.571. The maximum absolute atomic E-state index is 12.8. The first kappa shape index (κ1) is 19.6. The van der Waals surface area contributed by atoms with Crippen LogP contribution in [-0.4, -0.2) is 40.6 Å². The maximum Gasteiger partial charge on any atom is 0.329 e. The minimum absolute atomic E-state index is 0.00970. The Morgan fingerprint density at radius 3 is 2.52 bits per heavy atom. The summed E-state index contributed by atoms with van der Waals surface area (Å²) in [5, 5.41) is -0.00970. The zero-order valence-electron chi connectivity index (χ0n) is 15.3. The number of benzene rings is 1. The fourth-order valence-electron chi connectivity index (χ4n) is 2.66. The molecule has 2 rings (SSSR count). The molecule has 2 unspecified atom stereocenters. The van der Waals surface area contributed by atoms with E-state index >= 15 is 0 Å². The van der Waals surface area contributed by atoms with E-state index in [-0.39, 0.29) is 29.1 Å². The summed E-state index contributed by atoms with van der Waals surface area (Å²) in [6, 6.07) is 9.17. The maximum atomic E-state index is 12.8. The summed E-state index contributed by atoms with van der Waals surface area (Å²) >= 11 is 1.65. The summed E-state index contributed by atoms with van der Waals surface area (Å²) in [4.78, 5) is 26.9. The predicted octanol–water partition coefficient (Wildman–Crippen LogP) is 3.83. The van der Waals surface area contributed by atoms with Crippen molar-refractivity contribution in [1.82, 2.24) is 4.90 Å². The molecule has 4 nitrogen and oxygen atoms in total. The lowest BCUT2D eigenvalue weighted by molar-refractivity contribution is -0.154. The fraction of sp³-hybridized carbons (Fsp3) is 0.500. The Labute approximate surface area is 154 Å². The van der Waals surface area contributed by atoms with Gasteiger partial charge in [0.25, 0.3) is 0 Å². The first-order valence-corrected chi connectivity index (χ1v) is 9.78. The normalized spacial score (nSPS) is 20.6. The molecule has 0 aromatic heterocycles. The van der Waals surface area contributed by atoms with E-state index in [0.29, 0.717) is 12.4 Å². The number of thioether (sulfide) groups is 1. The van der Waals surface area contributed by atoms with Crippen LogP contribution in [0.5, 0.6) is 0 Å². The molecule has 136 valence electrons. The average molecular weight is 362 g/mol. The van der Waals surface area contributed by atoms with Crippen molar-refractivity contribution in [1.29, 1.82) is 0 Å². The van der Waals surface area contributed by atoms with Crippen LogP contribution in [0.1, 0.15) is 33.3 Å². The van der Waals surface area contributed by atoms with Crippen LogP contribution in [0.4, 0.5) is 0 Å². The van der Waals surface area contributed by atoms with Crippen molar-refractivity contribution < 1.29 is 14.3 Å². The zero-order chi connectivity index (χ0) is 18.4. The monoisotopic (exact) mass is 361 g/mol. The highest BCUT2D eigenvalue weighted by Gasteiger charge is 2.42. The van der Waals surface area contributed by atoms with Gasteiger partial charge in [0.2, 0.25) is 5.91 Å². The highest BCUT2D eigenvalue weighted by atomic mass is 32.2. The molecule has 1 fully saturated rings. The molecule has 5 heteroatoms. The van der Waals surface area contributed by atoms with Gasteiger partial charge in [-0.05, 0) is 23.5 Å². The van der Waals surface area contributed by atoms with Gasteiger partial charge in [-0.3, -0.25) is 4.79 Å². The van der Waals surface area contributed by atoms with E-state index in [1.165, 1.54) is 0 Å². The molecular formula is C20H27NO3S. The van der Waals surface area contributed by atoms with Gasteiger partial charge in [0.1, 0.15) is 6.04 Å². The lowest BCUT2D eigenvalue weighted by atomic mass is 10.1. The molecule has 0 bridgehead atoms. The minimum atomic E-state index is -0.510. The predicted molar refractivity (Wildman–Crippen MR) is 103 cm³/mol. The van der Waals surface area contributed by atoms with Crippen LogP contribution in [0.15, 0.2) is 36.4 Å². The number of carbonyl (C=O) groups is 2. The summed E-state index contributed by atoms with van der Waals surface area (Å²) in [6.45, 7) is 8.52. The van der Waals surface area contributed by atoms with Gasteiger partial charge in [0.05, 0.1) is 12.0 Å². The average Bonchev–Trinajstić information content (AvgIpc) is 3.04. The number of nitrogens with zero attached hydrogens (tertiary/aromatic N) is 1. The molecule has 0 spiro atoms. The lowest BCUT2D eigenvalue weighted by Gasteiger charge is -2.29. The second-order valence-corrected chi connectivity index (χ2v) is 8.15. The number of rotatable bonds is 6. The Hall–Kier alpha value is -1.75. The van der Waals surface area contributed by atoms with Crippen molar-refractivity contribution in [2.75, 3.05) is 12.4 Å². The van der Waals surface area contributed by atoms with E-state index in [9.17, 15) is 9.59 Å². The van der Waals surface area contributed by atoms with E-state index in [1.807, 2.05) is 44.2 Å². The molecule has 1 saturated heterocycles. The third kappa shape index (κ3) is 5.36. The second kappa shape index (κ2) is 9.09. The molecule has 25 heavy (non-hydrogen) atoms. The van der Waals surface area contributed by atoms with Crippen LogP contribution in [0.2, 0.25) is 0 Å². The molecule has 2 atom stereocenters. The molecule has 0 N–H and O–H groups in total. The van der Waals surface area contributed by atoms with E-state index in [4.69, 9.17) is 4.74 Å². The first-order valence-electron chi connectivity index (χ1n) is 8.73. The van der Waals surface area contributed by atoms with Gasteiger partial charge in [-0.1, -0.05) is 58.0 Å². The van der Waals surface area contributed by atoms with Crippen molar-refractivity contribution in [3.8, 4) is 0 Å². The number of hydrogen-bond donors (Lipinski definition) is 0. The van der Waals surface area contributed by atoms with Crippen molar-refractivity contribution in [2.24, 2.45) is 11.8 Å². The smallest absolute Gasteiger partial charge is 0.329 e. The van der Waals surface area contributed by atoms with Crippen LogP contribution >= 0.6 is 11.8 Å². The fourth-order valence-corrected chi connectivity index (χ4v) is 4.14. The lowest BCUT2D eigenvalue weighted by Crippen LogP contribution is -2.47. The van der Waals surface area contributed by atoms with Crippen molar-refractivity contribution in [3.63, 3.8) is 0 Å². The molecule has 1 aliphatic rings. The molecule has 1 aromatic rings. The summed E-state index contributed by atoms with van der Waals surface area (Å²) < 4.78 is 5.39. The molecule has 1 amide bonds. The van der Waals surface area contributed by atoms with Gasteiger partial charge >= 0.3 is 5.97 Å². The highest BCUT2D eigenvalue weighted by molar-refractivity contribution is 8.00. The van der Waals surface area contributed by atoms with E-state index in [1.54, 1.807) is 28.8 Å². The van der Waals surface area contributed by atoms with Gasteiger partial charge in [-0.15, -0.1) is 11.8 Å². The minimum Gasteiger partial charge on any atom is -0.464 e. The molecule has 0 saturated carbocycles. The van der Waals surface area contributed by atoms with Gasteiger partial charge in [-0.25, -0.2) is 4.79 Å². The van der Waals surface area contributed by atoms with Crippen LogP contribution in [0.3, 0.4) is 0 Å². The number of carbonyl (C=O) groups excluding carboxylic acids is 2. The molecule has 1 aliphatic heterocycles. The van der Waals surface area contributed by atoms with Crippen LogP contribution in [0, 0.1) is 11.8 Å². The Morgan fingerprint density at radius 2 is 1.92 bits per heavy atom. The SMILES string of the molecule is CC(C)COC(=O)C1CSC(C(C)C)N1C(=O)/C=C/c1ccccc1. The van der Waals surface area contributed by atoms with E-state index in [0.717, 1.165) is 5.56 Å². The Morgan fingerprint density at radius 1 is 1.24 bits per heavy atom. The number of amides is 1. The second-order valence-electron chi connectivity index (χ2n) is 7.00. The van der Waals surface area contributed by atoms with Crippen molar-refractivity contribution >= 4 is 29.7 Å². The molecule has 1 aromatic carbocycles. The largest absolute Gasteiger partial charge is 0.464 e. The van der Waals surface area contributed by atoms with Crippen LogP contribution in [-0.2, 0) is 14.3 Å².